The molecule has 20 heavy (non-hydrogen) atoms. The van der Waals surface area contributed by atoms with E-state index in [-0.39, 0.29) is 0 Å². The van der Waals surface area contributed by atoms with Crippen LogP contribution in [0.4, 0.5) is 5.69 Å². The highest BCUT2D eigenvalue weighted by Gasteiger charge is 2.14. The van der Waals surface area contributed by atoms with Gasteiger partial charge in [0.2, 0.25) is 5.89 Å². The first-order chi connectivity index (χ1) is 9.70. The smallest absolute Gasteiger partial charge is 0.227 e. The summed E-state index contributed by atoms with van der Waals surface area (Å²) in [6.07, 6.45) is 1.07. The van der Waals surface area contributed by atoms with Crippen LogP contribution in [0, 0.1) is 13.8 Å². The summed E-state index contributed by atoms with van der Waals surface area (Å²) >= 11 is 0. The van der Waals surface area contributed by atoms with Gasteiger partial charge in [-0.25, -0.2) is 4.98 Å². The highest BCUT2D eigenvalue weighted by atomic mass is 16.3. The molecule has 0 unspecified atom stereocenters. The van der Waals surface area contributed by atoms with Crippen LogP contribution in [0.2, 0.25) is 0 Å². The zero-order valence-electron chi connectivity index (χ0n) is 11.7. The van der Waals surface area contributed by atoms with Crippen molar-refractivity contribution in [2.24, 2.45) is 0 Å². The molecule has 3 aromatic rings. The Hall–Kier alpha value is -2.29. The third-order valence-corrected chi connectivity index (χ3v) is 3.88. The van der Waals surface area contributed by atoms with E-state index in [4.69, 9.17) is 4.42 Å². The summed E-state index contributed by atoms with van der Waals surface area (Å²) in [6, 6.07) is 10.6. The minimum absolute atomic E-state index is 0.711. The van der Waals surface area contributed by atoms with Crippen molar-refractivity contribution in [3.63, 3.8) is 0 Å². The molecule has 0 saturated heterocycles. The molecule has 1 aromatic heterocycles. The van der Waals surface area contributed by atoms with Crippen molar-refractivity contribution in [3.8, 4) is 11.5 Å². The number of fused-ring (bicyclic) bond motifs is 2. The van der Waals surface area contributed by atoms with Crippen molar-refractivity contribution in [3.05, 3.63) is 47.0 Å². The Kier molecular flexibility index (Phi) is 2.36. The maximum Gasteiger partial charge on any atom is 0.227 e. The molecule has 0 spiro atoms. The molecule has 0 bridgehead atoms. The molecule has 0 fully saturated rings. The number of nitrogens with zero attached hydrogens (tertiary/aromatic N) is 1. The van der Waals surface area contributed by atoms with E-state index in [0.29, 0.717) is 5.89 Å². The number of rotatable bonds is 1. The number of hydrogen-bond donors (Lipinski definition) is 1. The quantitative estimate of drug-likeness (QED) is 0.719. The summed E-state index contributed by atoms with van der Waals surface area (Å²) in [7, 11) is 0. The Morgan fingerprint density at radius 1 is 1.15 bits per heavy atom. The molecule has 0 aliphatic carbocycles. The van der Waals surface area contributed by atoms with Crippen LogP contribution in [-0.4, -0.2) is 11.5 Å². The van der Waals surface area contributed by atoms with Gasteiger partial charge in [-0.3, -0.25) is 0 Å². The fourth-order valence-corrected chi connectivity index (χ4v) is 2.94. The molecule has 3 heteroatoms. The molecule has 0 amide bonds. The maximum atomic E-state index is 5.97. The number of benzene rings is 2. The van der Waals surface area contributed by atoms with Crippen LogP contribution in [0.25, 0.3) is 22.6 Å². The number of aromatic nitrogens is 1. The van der Waals surface area contributed by atoms with E-state index in [2.05, 4.69) is 54.5 Å². The third-order valence-electron chi connectivity index (χ3n) is 3.88. The highest BCUT2D eigenvalue weighted by Crippen LogP contribution is 2.31. The fourth-order valence-electron chi connectivity index (χ4n) is 2.94. The van der Waals surface area contributed by atoms with Gasteiger partial charge in [-0.05, 0) is 61.2 Å². The van der Waals surface area contributed by atoms with Crippen molar-refractivity contribution in [2.75, 3.05) is 11.9 Å². The van der Waals surface area contributed by atoms with Gasteiger partial charge in [-0.1, -0.05) is 6.07 Å². The molecule has 0 atom stereocenters. The Balaban J connectivity index is 1.88. The monoisotopic (exact) mass is 264 g/mol. The second kappa shape index (κ2) is 4.10. The number of oxazole rings is 1. The molecule has 0 saturated carbocycles. The number of hydrogen-bond acceptors (Lipinski definition) is 3. The van der Waals surface area contributed by atoms with Crippen molar-refractivity contribution in [1.29, 1.82) is 0 Å². The molecule has 4 rings (SSSR count). The molecule has 0 radical (unpaired) electrons. The molecule has 2 heterocycles. The van der Waals surface area contributed by atoms with Gasteiger partial charge >= 0.3 is 0 Å². The minimum atomic E-state index is 0.711. The van der Waals surface area contributed by atoms with E-state index < -0.39 is 0 Å². The zero-order valence-corrected chi connectivity index (χ0v) is 11.7. The van der Waals surface area contributed by atoms with Crippen LogP contribution in [0.1, 0.15) is 16.7 Å². The topological polar surface area (TPSA) is 38.1 Å². The first-order valence-corrected chi connectivity index (χ1v) is 6.96. The lowest BCUT2D eigenvalue weighted by atomic mass is 10.1. The second-order valence-corrected chi connectivity index (χ2v) is 5.50. The van der Waals surface area contributed by atoms with Gasteiger partial charge < -0.3 is 9.73 Å². The van der Waals surface area contributed by atoms with E-state index in [1.165, 1.54) is 16.8 Å². The number of anilines is 1. The second-order valence-electron chi connectivity index (χ2n) is 5.50. The van der Waals surface area contributed by atoms with E-state index in [1.54, 1.807) is 0 Å². The predicted octanol–water partition coefficient (Wildman–Crippen LogP) is 4.08. The zero-order chi connectivity index (χ0) is 13.7. The minimum Gasteiger partial charge on any atom is -0.436 e. The predicted molar refractivity (Wildman–Crippen MR) is 81.1 cm³/mol. The fraction of sp³-hybridized carbons (Fsp3) is 0.235. The lowest BCUT2D eigenvalue weighted by molar-refractivity contribution is 0.617. The number of nitrogens with one attached hydrogen (secondary N) is 1. The molecular formula is C17H16N2O. The normalized spacial score (nSPS) is 13.5. The van der Waals surface area contributed by atoms with Crippen molar-refractivity contribution in [1.82, 2.24) is 4.98 Å². The van der Waals surface area contributed by atoms with Crippen LogP contribution in [0.5, 0.6) is 0 Å². The van der Waals surface area contributed by atoms with E-state index >= 15 is 0 Å². The summed E-state index contributed by atoms with van der Waals surface area (Å²) < 4.78 is 5.97. The van der Waals surface area contributed by atoms with Crippen LogP contribution in [-0.2, 0) is 6.42 Å². The Labute approximate surface area is 117 Å². The lowest BCUT2D eigenvalue weighted by Gasteiger charge is -2.01. The molecule has 1 aliphatic rings. The summed E-state index contributed by atoms with van der Waals surface area (Å²) in [5.41, 5.74) is 7.82. The van der Waals surface area contributed by atoms with Crippen LogP contribution in [0.15, 0.2) is 34.7 Å². The van der Waals surface area contributed by atoms with E-state index in [0.717, 1.165) is 35.2 Å². The molecular weight excluding hydrogens is 248 g/mol. The Bertz CT molecular complexity index is 817. The average Bonchev–Trinajstić information content (AvgIpc) is 3.03. The lowest BCUT2D eigenvalue weighted by Crippen LogP contribution is -1.90. The van der Waals surface area contributed by atoms with Gasteiger partial charge in [0.15, 0.2) is 5.58 Å². The maximum absolute atomic E-state index is 5.97. The third kappa shape index (κ3) is 1.70. The van der Waals surface area contributed by atoms with Gasteiger partial charge in [-0.15, -0.1) is 0 Å². The molecule has 2 aromatic carbocycles. The van der Waals surface area contributed by atoms with E-state index in [9.17, 15) is 0 Å². The van der Waals surface area contributed by atoms with Gasteiger partial charge in [-0.2, -0.15) is 0 Å². The van der Waals surface area contributed by atoms with Crippen LogP contribution < -0.4 is 5.32 Å². The summed E-state index contributed by atoms with van der Waals surface area (Å²) in [4.78, 5) is 4.64. The molecule has 100 valence electrons. The first-order valence-electron chi connectivity index (χ1n) is 6.96. The van der Waals surface area contributed by atoms with Crippen molar-refractivity contribution < 1.29 is 4.42 Å². The average molecular weight is 264 g/mol. The van der Waals surface area contributed by atoms with Crippen LogP contribution in [0.3, 0.4) is 0 Å². The van der Waals surface area contributed by atoms with Gasteiger partial charge in [0.05, 0.1) is 0 Å². The summed E-state index contributed by atoms with van der Waals surface area (Å²) in [6.45, 7) is 5.17. The Morgan fingerprint density at radius 3 is 2.95 bits per heavy atom. The van der Waals surface area contributed by atoms with Crippen LogP contribution >= 0.6 is 0 Å². The van der Waals surface area contributed by atoms with Gasteiger partial charge in [0, 0.05) is 17.8 Å². The SMILES string of the molecule is Cc1cc(C)c2oc(-c3ccc4c(c3)CCN4)nc2c1. The summed E-state index contributed by atoms with van der Waals surface area (Å²) in [5, 5.41) is 3.37. The summed E-state index contributed by atoms with van der Waals surface area (Å²) in [5.74, 6) is 0.711. The van der Waals surface area contributed by atoms with Crippen molar-refractivity contribution in [2.45, 2.75) is 20.3 Å². The number of aryl methyl sites for hydroxylation is 2. The molecule has 1 aliphatic heterocycles. The molecule has 1 N–H and O–H groups in total. The Morgan fingerprint density at radius 2 is 2.05 bits per heavy atom. The first kappa shape index (κ1) is 11.5. The largest absolute Gasteiger partial charge is 0.436 e. The van der Waals surface area contributed by atoms with E-state index in [1.807, 2.05) is 0 Å². The highest BCUT2D eigenvalue weighted by molar-refractivity contribution is 5.80. The standard InChI is InChI=1S/C17H16N2O/c1-10-7-11(2)16-15(8-10)19-17(20-16)13-3-4-14-12(9-13)5-6-18-14/h3-4,7-9,18H,5-6H2,1-2H3. The van der Waals surface area contributed by atoms with Gasteiger partial charge in [0.1, 0.15) is 5.52 Å². The molecule has 3 nitrogen and oxygen atoms in total. The van der Waals surface area contributed by atoms with Crippen molar-refractivity contribution >= 4 is 16.8 Å². The van der Waals surface area contributed by atoms with Gasteiger partial charge in [0.25, 0.3) is 0 Å².